The van der Waals surface area contributed by atoms with E-state index in [0.717, 1.165) is 66.6 Å². The summed E-state index contributed by atoms with van der Waals surface area (Å²) >= 11 is 0. The van der Waals surface area contributed by atoms with Crippen molar-refractivity contribution in [3.05, 3.63) is 132 Å². The van der Waals surface area contributed by atoms with E-state index in [1.165, 1.54) is 0 Å². The number of methoxy groups -OCH3 is 1. The molecule has 218 valence electrons. The largest absolute Gasteiger partial charge is 0.497 e. The van der Waals surface area contributed by atoms with Crippen molar-refractivity contribution in [3.63, 3.8) is 0 Å². The molecule has 0 aliphatic carbocycles. The van der Waals surface area contributed by atoms with Crippen molar-refractivity contribution in [2.75, 3.05) is 7.11 Å². The lowest BCUT2D eigenvalue weighted by Gasteiger charge is -2.11. The number of rotatable bonds is 5. The molecule has 47 heavy (non-hydrogen) atoms. The number of fused-ring (bicyclic) bond motifs is 3. The number of nitriles is 4. The highest BCUT2D eigenvalue weighted by Gasteiger charge is 2.16. The van der Waals surface area contributed by atoms with E-state index in [9.17, 15) is 21.0 Å². The normalized spacial score (nSPS) is 10.6. The van der Waals surface area contributed by atoms with Crippen LogP contribution in [0.3, 0.4) is 0 Å². The molecule has 0 N–H and O–H groups in total. The molecule has 0 saturated heterocycles. The second-order valence-corrected chi connectivity index (χ2v) is 10.8. The Balaban J connectivity index is 1.39. The van der Waals surface area contributed by atoms with Crippen molar-refractivity contribution in [2.24, 2.45) is 0 Å². The van der Waals surface area contributed by atoms with E-state index in [0.29, 0.717) is 0 Å². The van der Waals surface area contributed by atoms with Gasteiger partial charge in [-0.15, -0.1) is 0 Å². The first kappa shape index (κ1) is 28.5. The van der Waals surface area contributed by atoms with Crippen LogP contribution in [0.2, 0.25) is 0 Å². The standard InChI is InChI=1S/C39H21N7O/c1-47-35-9-11-39-37(19-35)36-18-27(24-4-2-5-25(12-24)28-13-30(20-40)44-31(14-28)21-41)8-10-38(36)46(39)34-7-3-6-26(17-34)29-15-32(22-42)45-33(16-29)23-43/h2-19H,1H3. The van der Waals surface area contributed by atoms with Gasteiger partial charge in [-0.2, -0.15) is 21.0 Å². The topological polar surface area (TPSA) is 135 Å². The summed E-state index contributed by atoms with van der Waals surface area (Å²) in [6, 6.07) is 43.2. The molecule has 0 saturated carbocycles. The lowest BCUT2D eigenvalue weighted by Crippen LogP contribution is -1.95. The third-order valence-electron chi connectivity index (χ3n) is 8.05. The molecule has 0 spiro atoms. The Hall–Kier alpha value is -7.26. The minimum Gasteiger partial charge on any atom is -0.497 e. The fourth-order valence-electron chi connectivity index (χ4n) is 5.91. The Morgan fingerprint density at radius 3 is 1.51 bits per heavy atom. The zero-order valence-electron chi connectivity index (χ0n) is 24.9. The maximum atomic E-state index is 9.47. The molecule has 4 aromatic carbocycles. The van der Waals surface area contributed by atoms with Gasteiger partial charge in [-0.25, -0.2) is 9.97 Å². The van der Waals surface area contributed by atoms with Crippen molar-refractivity contribution < 1.29 is 4.74 Å². The Morgan fingerprint density at radius 2 is 0.957 bits per heavy atom. The predicted molar refractivity (Wildman–Crippen MR) is 178 cm³/mol. The summed E-state index contributed by atoms with van der Waals surface area (Å²) in [5, 5.41) is 39.8. The monoisotopic (exact) mass is 603 g/mol. The Morgan fingerprint density at radius 1 is 0.489 bits per heavy atom. The molecule has 0 bridgehead atoms. The van der Waals surface area contributed by atoms with E-state index < -0.39 is 0 Å². The van der Waals surface area contributed by atoms with Crippen molar-refractivity contribution >= 4 is 21.8 Å². The van der Waals surface area contributed by atoms with Gasteiger partial charge < -0.3 is 9.30 Å². The van der Waals surface area contributed by atoms with Gasteiger partial charge in [0.15, 0.2) is 0 Å². The van der Waals surface area contributed by atoms with Crippen LogP contribution in [0.15, 0.2) is 109 Å². The maximum absolute atomic E-state index is 9.47. The van der Waals surface area contributed by atoms with E-state index in [-0.39, 0.29) is 22.8 Å². The molecule has 0 fully saturated rings. The quantitative estimate of drug-likeness (QED) is 0.194. The number of ether oxygens (including phenoxy) is 1. The minimum atomic E-state index is 0.185. The molecular formula is C39H21N7O. The third-order valence-corrected chi connectivity index (χ3v) is 8.05. The molecule has 0 atom stereocenters. The number of aromatic nitrogens is 3. The van der Waals surface area contributed by atoms with Crippen LogP contribution in [0.4, 0.5) is 0 Å². The summed E-state index contributed by atoms with van der Waals surface area (Å²) in [6.07, 6.45) is 0. The molecule has 0 aliphatic heterocycles. The van der Waals surface area contributed by atoms with Gasteiger partial charge >= 0.3 is 0 Å². The second-order valence-electron chi connectivity index (χ2n) is 10.8. The van der Waals surface area contributed by atoms with Gasteiger partial charge in [-0.1, -0.05) is 36.4 Å². The van der Waals surface area contributed by atoms with Crippen LogP contribution >= 0.6 is 0 Å². The van der Waals surface area contributed by atoms with E-state index in [2.05, 4.69) is 32.7 Å². The van der Waals surface area contributed by atoms with Crippen LogP contribution in [0.5, 0.6) is 5.75 Å². The van der Waals surface area contributed by atoms with Crippen LogP contribution in [-0.4, -0.2) is 21.6 Å². The second kappa shape index (κ2) is 11.7. The first-order chi connectivity index (χ1) is 23.0. The summed E-state index contributed by atoms with van der Waals surface area (Å²) in [6.45, 7) is 0. The number of nitrogens with zero attached hydrogens (tertiary/aromatic N) is 7. The Bertz CT molecular complexity index is 2510. The van der Waals surface area contributed by atoms with Crippen LogP contribution in [-0.2, 0) is 0 Å². The highest BCUT2D eigenvalue weighted by atomic mass is 16.5. The Kier molecular flexibility index (Phi) is 7.08. The summed E-state index contributed by atoms with van der Waals surface area (Å²) in [7, 11) is 1.65. The molecular weight excluding hydrogens is 582 g/mol. The SMILES string of the molecule is COc1ccc2c(c1)c1cc(-c3cccc(-c4cc(C#N)nc(C#N)c4)c3)ccc1n2-c1cccc(-c2cc(C#N)nc(C#N)c2)c1. The summed E-state index contributed by atoms with van der Waals surface area (Å²) in [5.41, 5.74) is 8.81. The highest BCUT2D eigenvalue weighted by Crippen LogP contribution is 2.38. The van der Waals surface area contributed by atoms with Crippen LogP contribution in [0.1, 0.15) is 22.8 Å². The first-order valence-corrected chi connectivity index (χ1v) is 14.5. The van der Waals surface area contributed by atoms with Crippen molar-refractivity contribution in [2.45, 2.75) is 0 Å². The molecule has 7 aromatic rings. The Labute approximate surface area is 269 Å². The molecule has 8 heteroatoms. The van der Waals surface area contributed by atoms with Gasteiger partial charge in [-0.3, -0.25) is 0 Å². The molecule has 0 aliphatic rings. The van der Waals surface area contributed by atoms with Gasteiger partial charge in [-0.05, 0) is 106 Å². The van der Waals surface area contributed by atoms with Gasteiger partial charge in [0.05, 0.1) is 18.1 Å². The van der Waals surface area contributed by atoms with Crippen molar-refractivity contribution in [1.29, 1.82) is 21.0 Å². The number of benzene rings is 4. The average Bonchev–Trinajstić information content (AvgIpc) is 3.47. The number of hydrogen-bond acceptors (Lipinski definition) is 7. The van der Waals surface area contributed by atoms with E-state index >= 15 is 0 Å². The summed E-state index contributed by atoms with van der Waals surface area (Å²) < 4.78 is 7.80. The van der Waals surface area contributed by atoms with Gasteiger partial charge in [0.1, 0.15) is 52.8 Å². The first-order valence-electron chi connectivity index (χ1n) is 14.5. The van der Waals surface area contributed by atoms with Crippen LogP contribution in [0, 0.1) is 45.3 Å². The molecule has 3 heterocycles. The predicted octanol–water partition coefficient (Wildman–Crippen LogP) is 8.07. The smallest absolute Gasteiger partial charge is 0.142 e. The average molecular weight is 604 g/mol. The summed E-state index contributed by atoms with van der Waals surface area (Å²) in [4.78, 5) is 8.13. The van der Waals surface area contributed by atoms with Gasteiger partial charge in [0, 0.05) is 16.5 Å². The summed E-state index contributed by atoms with van der Waals surface area (Å²) in [5.74, 6) is 0.738. The fourth-order valence-corrected chi connectivity index (χ4v) is 5.91. The van der Waals surface area contributed by atoms with Gasteiger partial charge in [0.2, 0.25) is 0 Å². The van der Waals surface area contributed by atoms with Crippen LogP contribution < -0.4 is 4.74 Å². The van der Waals surface area contributed by atoms with E-state index in [1.807, 2.05) is 91.0 Å². The number of hydrogen-bond donors (Lipinski definition) is 0. The maximum Gasteiger partial charge on any atom is 0.142 e. The molecule has 3 aromatic heterocycles. The lowest BCUT2D eigenvalue weighted by atomic mass is 9.97. The highest BCUT2D eigenvalue weighted by molar-refractivity contribution is 6.11. The third kappa shape index (κ3) is 5.15. The molecule has 0 unspecified atom stereocenters. The van der Waals surface area contributed by atoms with E-state index in [1.54, 1.807) is 31.4 Å². The zero-order valence-corrected chi connectivity index (χ0v) is 24.9. The van der Waals surface area contributed by atoms with Crippen molar-refractivity contribution in [1.82, 2.24) is 14.5 Å². The van der Waals surface area contributed by atoms with Crippen molar-refractivity contribution in [3.8, 4) is 69.1 Å². The fraction of sp³-hybridized carbons (Fsp3) is 0.0256. The zero-order chi connectivity index (χ0) is 32.5. The molecule has 0 radical (unpaired) electrons. The van der Waals surface area contributed by atoms with Crippen LogP contribution in [0.25, 0.3) is 60.9 Å². The van der Waals surface area contributed by atoms with Gasteiger partial charge in [0.25, 0.3) is 0 Å². The minimum absolute atomic E-state index is 0.185. The molecule has 8 nitrogen and oxygen atoms in total. The van der Waals surface area contributed by atoms with E-state index in [4.69, 9.17) is 4.74 Å². The number of pyridine rings is 2. The lowest BCUT2D eigenvalue weighted by molar-refractivity contribution is 0.415. The molecule has 0 amide bonds. The molecule has 7 rings (SSSR count).